The number of hydrogen-bond donors (Lipinski definition) is 0. The van der Waals surface area contributed by atoms with E-state index in [1.807, 2.05) is 0 Å². The van der Waals surface area contributed by atoms with Crippen molar-refractivity contribution in [3.05, 3.63) is 53.3 Å². The predicted octanol–water partition coefficient (Wildman–Crippen LogP) is 4.12. The van der Waals surface area contributed by atoms with Gasteiger partial charge >= 0.3 is 6.18 Å². The lowest BCUT2D eigenvalue weighted by Crippen LogP contribution is -2.49. The molecule has 7 nitrogen and oxygen atoms in total. The van der Waals surface area contributed by atoms with Crippen LogP contribution in [-0.4, -0.2) is 70.2 Å². The van der Waals surface area contributed by atoms with Crippen LogP contribution in [-0.2, 0) is 9.84 Å². The first-order chi connectivity index (χ1) is 17.2. The van der Waals surface area contributed by atoms with Crippen LogP contribution in [0.5, 0.6) is 5.75 Å². The maximum atomic E-state index is 14.6. The van der Waals surface area contributed by atoms with E-state index >= 15 is 0 Å². The number of nitrogens with zero attached hydrogens (tertiary/aromatic N) is 2. The van der Waals surface area contributed by atoms with Crippen molar-refractivity contribution in [2.75, 3.05) is 43.9 Å². The van der Waals surface area contributed by atoms with Crippen LogP contribution in [0.15, 0.2) is 41.3 Å². The van der Waals surface area contributed by atoms with Crippen molar-refractivity contribution in [1.29, 1.82) is 0 Å². The topological polar surface area (TPSA) is 84.0 Å². The van der Waals surface area contributed by atoms with Crippen molar-refractivity contribution >= 4 is 27.2 Å². The zero-order valence-electron chi connectivity index (χ0n) is 20.3. The number of piperazine rings is 1. The largest absolute Gasteiger partial charge is 0.492 e. The summed E-state index contributed by atoms with van der Waals surface area (Å²) in [6, 6.07) is 7.69. The summed E-state index contributed by atoms with van der Waals surface area (Å²) in [5.41, 5.74) is -1.59. The number of carbonyl (C=O) groups is 2. The molecule has 1 amide bonds. The molecule has 1 aliphatic carbocycles. The average molecular weight is 543 g/mol. The Labute approximate surface area is 211 Å². The number of alkyl halides is 3. The molecule has 0 bridgehead atoms. The SMILES string of the molecule is CC(=O)c1ccc(N2CCN(C(=O)c3cc(S(C)(=O)=O)ccc3OCC3(C(F)(F)F)CC3)CC2)c(F)c1. The Bertz CT molecular complexity index is 1330. The average Bonchev–Trinajstić information content (AvgIpc) is 3.63. The summed E-state index contributed by atoms with van der Waals surface area (Å²) in [5.74, 6) is -1.55. The third kappa shape index (κ3) is 5.58. The molecule has 1 heterocycles. The van der Waals surface area contributed by atoms with Crippen LogP contribution in [0.25, 0.3) is 0 Å². The molecule has 1 aliphatic heterocycles. The van der Waals surface area contributed by atoms with Gasteiger partial charge in [-0.2, -0.15) is 13.2 Å². The molecule has 2 aromatic rings. The summed E-state index contributed by atoms with van der Waals surface area (Å²) in [6.45, 7) is 1.48. The minimum atomic E-state index is -4.45. The monoisotopic (exact) mass is 542 g/mol. The molecule has 0 N–H and O–H groups in total. The normalized spacial score (nSPS) is 17.5. The second-order valence-electron chi connectivity index (χ2n) is 9.50. The first-order valence-electron chi connectivity index (χ1n) is 11.6. The molecule has 1 saturated carbocycles. The van der Waals surface area contributed by atoms with E-state index in [-0.39, 0.29) is 72.3 Å². The van der Waals surface area contributed by atoms with Crippen LogP contribution in [0.4, 0.5) is 23.2 Å². The number of amides is 1. The molecule has 0 atom stereocenters. The van der Waals surface area contributed by atoms with Crippen LogP contribution >= 0.6 is 0 Å². The van der Waals surface area contributed by atoms with Crippen LogP contribution in [0, 0.1) is 11.2 Å². The Balaban J connectivity index is 1.52. The lowest BCUT2D eigenvalue weighted by molar-refractivity contribution is -0.194. The van der Waals surface area contributed by atoms with Crippen molar-refractivity contribution in [3.8, 4) is 5.75 Å². The molecule has 2 fully saturated rings. The van der Waals surface area contributed by atoms with Crippen molar-refractivity contribution in [2.45, 2.75) is 30.8 Å². The van der Waals surface area contributed by atoms with Gasteiger partial charge in [0.25, 0.3) is 5.91 Å². The van der Waals surface area contributed by atoms with Gasteiger partial charge in [0.1, 0.15) is 23.6 Å². The number of ketones is 1. The number of ether oxygens (including phenoxy) is 1. The van der Waals surface area contributed by atoms with Gasteiger partial charge in [0.2, 0.25) is 0 Å². The molecule has 0 radical (unpaired) electrons. The third-order valence-corrected chi connectivity index (χ3v) is 7.94. The lowest BCUT2D eigenvalue weighted by Gasteiger charge is -2.36. The van der Waals surface area contributed by atoms with Crippen molar-refractivity contribution in [3.63, 3.8) is 0 Å². The van der Waals surface area contributed by atoms with E-state index in [0.717, 1.165) is 18.4 Å². The molecule has 0 aromatic heterocycles. The summed E-state index contributed by atoms with van der Waals surface area (Å²) in [4.78, 5) is 27.8. The Morgan fingerprint density at radius 3 is 2.19 bits per heavy atom. The fourth-order valence-electron chi connectivity index (χ4n) is 4.21. The van der Waals surface area contributed by atoms with Crippen molar-refractivity contribution in [2.24, 2.45) is 5.41 Å². The maximum absolute atomic E-state index is 14.6. The molecule has 4 rings (SSSR count). The highest BCUT2D eigenvalue weighted by molar-refractivity contribution is 7.90. The second-order valence-corrected chi connectivity index (χ2v) is 11.5. The van der Waals surface area contributed by atoms with E-state index in [9.17, 15) is 35.6 Å². The number of benzene rings is 2. The summed E-state index contributed by atoms with van der Waals surface area (Å²) >= 11 is 0. The van der Waals surface area contributed by atoms with Gasteiger partial charge in [-0.05, 0) is 56.2 Å². The maximum Gasteiger partial charge on any atom is 0.397 e. The molecular formula is C25H26F4N2O5S. The number of Topliss-reactive ketones (excluding diaryl/α,β-unsaturated/α-hetero) is 1. The fraction of sp³-hybridized carbons (Fsp3) is 0.440. The van der Waals surface area contributed by atoms with Crippen LogP contribution in [0.3, 0.4) is 0 Å². The minimum Gasteiger partial charge on any atom is -0.492 e. The van der Waals surface area contributed by atoms with Crippen molar-refractivity contribution < 1.29 is 40.3 Å². The molecular weight excluding hydrogens is 516 g/mol. The zero-order valence-corrected chi connectivity index (χ0v) is 21.1. The van der Waals surface area contributed by atoms with E-state index in [1.54, 1.807) is 4.90 Å². The zero-order chi connectivity index (χ0) is 27.2. The first kappa shape index (κ1) is 26.9. The summed E-state index contributed by atoms with van der Waals surface area (Å²) in [7, 11) is -3.70. The number of sulfone groups is 1. The van der Waals surface area contributed by atoms with E-state index in [0.29, 0.717) is 0 Å². The van der Waals surface area contributed by atoms with E-state index in [1.165, 1.54) is 36.1 Å². The van der Waals surface area contributed by atoms with Gasteiger partial charge in [-0.25, -0.2) is 12.8 Å². The molecule has 37 heavy (non-hydrogen) atoms. The third-order valence-electron chi connectivity index (χ3n) is 6.83. The van der Waals surface area contributed by atoms with E-state index < -0.39 is 39.8 Å². The summed E-state index contributed by atoms with van der Waals surface area (Å²) in [6.07, 6.45) is -3.64. The van der Waals surface area contributed by atoms with Gasteiger partial charge < -0.3 is 14.5 Å². The van der Waals surface area contributed by atoms with E-state index in [2.05, 4.69) is 0 Å². The molecule has 200 valence electrons. The van der Waals surface area contributed by atoms with Gasteiger partial charge in [-0.15, -0.1) is 0 Å². The number of rotatable bonds is 7. The van der Waals surface area contributed by atoms with Gasteiger partial charge in [-0.1, -0.05) is 0 Å². The second kappa shape index (κ2) is 9.62. The predicted molar refractivity (Wildman–Crippen MR) is 127 cm³/mol. The Morgan fingerprint density at radius 1 is 1.03 bits per heavy atom. The number of halogens is 4. The van der Waals surface area contributed by atoms with Gasteiger partial charge in [-0.3, -0.25) is 9.59 Å². The number of hydrogen-bond acceptors (Lipinski definition) is 6. The van der Waals surface area contributed by atoms with Crippen molar-refractivity contribution in [1.82, 2.24) is 4.90 Å². The highest BCUT2D eigenvalue weighted by Crippen LogP contribution is 2.57. The standard InChI is InChI=1S/C25H26F4N2O5S/c1-16(32)17-3-5-21(20(26)13-17)30-9-11-31(12-10-30)23(33)19-14-18(37(2,34)35)4-6-22(19)36-15-24(7-8-24)25(27,28)29/h3-6,13-14H,7-12,15H2,1-2H3. The Kier molecular flexibility index (Phi) is 7.00. The number of anilines is 1. The molecule has 0 unspecified atom stereocenters. The Morgan fingerprint density at radius 2 is 1.68 bits per heavy atom. The lowest BCUT2D eigenvalue weighted by atomic mass is 10.1. The quantitative estimate of drug-likeness (QED) is 0.387. The molecule has 12 heteroatoms. The van der Waals surface area contributed by atoms with Crippen LogP contribution in [0.1, 0.15) is 40.5 Å². The molecule has 1 saturated heterocycles. The number of carbonyl (C=O) groups excluding carboxylic acids is 2. The fourth-order valence-corrected chi connectivity index (χ4v) is 4.86. The van der Waals surface area contributed by atoms with Gasteiger partial charge in [0.15, 0.2) is 15.6 Å². The minimum absolute atomic E-state index is 0.0763. The molecule has 0 spiro atoms. The highest BCUT2D eigenvalue weighted by Gasteiger charge is 2.64. The Hall–Kier alpha value is -3.15. The van der Waals surface area contributed by atoms with Gasteiger partial charge in [0, 0.05) is 38.0 Å². The summed E-state index contributed by atoms with van der Waals surface area (Å²) < 4.78 is 84.2. The smallest absolute Gasteiger partial charge is 0.397 e. The van der Waals surface area contributed by atoms with E-state index in [4.69, 9.17) is 4.74 Å². The summed E-state index contributed by atoms with van der Waals surface area (Å²) in [5, 5.41) is 0. The first-order valence-corrected chi connectivity index (χ1v) is 13.5. The van der Waals surface area contributed by atoms with Crippen LogP contribution < -0.4 is 9.64 Å². The van der Waals surface area contributed by atoms with Gasteiger partial charge in [0.05, 0.1) is 16.1 Å². The molecule has 2 aromatic carbocycles. The highest BCUT2D eigenvalue weighted by atomic mass is 32.2. The van der Waals surface area contributed by atoms with Crippen LogP contribution in [0.2, 0.25) is 0 Å². The molecule has 2 aliphatic rings.